The Morgan fingerprint density at radius 2 is 2.32 bits per heavy atom. The lowest BCUT2D eigenvalue weighted by atomic mass is 10.3. The van der Waals surface area contributed by atoms with E-state index in [1.807, 2.05) is 12.1 Å². The van der Waals surface area contributed by atoms with E-state index in [2.05, 4.69) is 48.4 Å². The quantitative estimate of drug-likeness (QED) is 0.814. The van der Waals surface area contributed by atoms with Crippen molar-refractivity contribution in [3.8, 4) is 0 Å². The van der Waals surface area contributed by atoms with E-state index in [0.29, 0.717) is 0 Å². The number of aliphatic imine (C=N–C) groups is 1. The molecule has 3 rings (SSSR count). The van der Waals surface area contributed by atoms with Gasteiger partial charge in [0.05, 0.1) is 22.2 Å². The molecule has 100 valence electrons. The fraction of sp³-hybridized carbons (Fsp3) is 0.385. The zero-order valence-electron chi connectivity index (χ0n) is 10.8. The van der Waals surface area contributed by atoms with Crippen molar-refractivity contribution in [2.24, 2.45) is 4.99 Å². The number of nitrogens with zero attached hydrogens (tertiary/aromatic N) is 2. The van der Waals surface area contributed by atoms with Crippen LogP contribution >= 0.6 is 15.9 Å². The minimum atomic E-state index is 0.823. The molecular weight excluding hydrogens is 306 g/mol. The van der Waals surface area contributed by atoms with Crippen molar-refractivity contribution >= 4 is 38.6 Å². The Bertz CT molecular complexity index is 631. The highest BCUT2D eigenvalue weighted by Crippen LogP contribution is 2.30. The zero-order valence-corrected chi connectivity index (χ0v) is 12.3. The number of hydrogen-bond donors (Lipinski definition) is 3. The number of halogens is 1. The molecule has 1 aromatic carbocycles. The van der Waals surface area contributed by atoms with Gasteiger partial charge in [-0.25, -0.2) is 4.98 Å². The van der Waals surface area contributed by atoms with Crippen LogP contribution in [0.1, 0.15) is 19.2 Å². The molecule has 0 radical (unpaired) electrons. The number of H-pyrrole nitrogens is 1. The molecule has 2 heterocycles. The van der Waals surface area contributed by atoms with Crippen molar-refractivity contribution < 1.29 is 0 Å². The van der Waals surface area contributed by atoms with E-state index >= 15 is 0 Å². The minimum absolute atomic E-state index is 0.823. The molecule has 0 saturated heterocycles. The molecule has 1 aliphatic rings. The number of benzene rings is 1. The van der Waals surface area contributed by atoms with E-state index < -0.39 is 0 Å². The Labute approximate surface area is 120 Å². The fourth-order valence-electron chi connectivity index (χ4n) is 2.15. The number of aromatic amines is 1. The summed E-state index contributed by atoms with van der Waals surface area (Å²) in [7, 11) is 0. The van der Waals surface area contributed by atoms with Crippen LogP contribution in [-0.4, -0.2) is 29.0 Å². The van der Waals surface area contributed by atoms with Crippen LogP contribution in [-0.2, 0) is 6.42 Å². The van der Waals surface area contributed by atoms with Crippen molar-refractivity contribution in [3.05, 3.63) is 22.4 Å². The lowest BCUT2D eigenvalue weighted by Gasteiger charge is -2.08. The average Bonchev–Trinajstić information content (AvgIpc) is 3.02. The van der Waals surface area contributed by atoms with E-state index in [9.17, 15) is 0 Å². The molecular formula is C13H16BrN5. The Kier molecular flexibility index (Phi) is 3.42. The summed E-state index contributed by atoms with van der Waals surface area (Å²) in [5, 5.41) is 6.48. The first-order chi connectivity index (χ1) is 9.28. The topological polar surface area (TPSA) is 65.1 Å². The highest BCUT2D eigenvalue weighted by molar-refractivity contribution is 9.10. The number of guanidine groups is 1. The van der Waals surface area contributed by atoms with Crippen molar-refractivity contribution in [3.63, 3.8) is 0 Å². The number of aryl methyl sites for hydroxylation is 1. The maximum absolute atomic E-state index is 4.63. The van der Waals surface area contributed by atoms with E-state index in [-0.39, 0.29) is 0 Å². The first-order valence-corrected chi connectivity index (χ1v) is 7.29. The highest BCUT2D eigenvalue weighted by atomic mass is 79.9. The van der Waals surface area contributed by atoms with Crippen molar-refractivity contribution in [2.75, 3.05) is 18.4 Å². The van der Waals surface area contributed by atoms with Crippen LogP contribution in [0.2, 0.25) is 0 Å². The molecule has 0 spiro atoms. The SMILES string of the molecule is CCCc1nc2c(Br)c(NC3=NCCN3)ccc2[nH]1. The molecule has 0 atom stereocenters. The number of nitrogens with one attached hydrogen (secondary N) is 3. The Hall–Kier alpha value is -1.56. The lowest BCUT2D eigenvalue weighted by molar-refractivity contribution is 0.861. The number of anilines is 1. The number of fused-ring (bicyclic) bond motifs is 1. The predicted octanol–water partition coefficient (Wildman–Crippen LogP) is 2.65. The molecule has 1 aromatic heterocycles. The van der Waals surface area contributed by atoms with Gasteiger partial charge < -0.3 is 15.6 Å². The molecule has 2 aromatic rings. The molecule has 1 aliphatic heterocycles. The Balaban J connectivity index is 1.95. The maximum atomic E-state index is 4.63. The van der Waals surface area contributed by atoms with Crippen molar-refractivity contribution in [1.29, 1.82) is 0 Å². The van der Waals surface area contributed by atoms with Gasteiger partial charge in [-0.15, -0.1) is 0 Å². The first-order valence-electron chi connectivity index (χ1n) is 6.50. The number of imidazole rings is 1. The molecule has 0 fully saturated rings. The second-order valence-corrected chi connectivity index (χ2v) is 5.33. The van der Waals surface area contributed by atoms with Gasteiger partial charge in [0.25, 0.3) is 0 Å². The van der Waals surface area contributed by atoms with Crippen molar-refractivity contribution in [1.82, 2.24) is 15.3 Å². The van der Waals surface area contributed by atoms with E-state index in [0.717, 1.165) is 58.9 Å². The third-order valence-corrected chi connectivity index (χ3v) is 3.86. The van der Waals surface area contributed by atoms with Gasteiger partial charge in [-0.05, 0) is 34.5 Å². The zero-order chi connectivity index (χ0) is 13.2. The Morgan fingerprint density at radius 3 is 3.05 bits per heavy atom. The Morgan fingerprint density at radius 1 is 1.42 bits per heavy atom. The third-order valence-electron chi connectivity index (χ3n) is 3.06. The van der Waals surface area contributed by atoms with Gasteiger partial charge in [-0.3, -0.25) is 4.99 Å². The molecule has 3 N–H and O–H groups in total. The highest BCUT2D eigenvalue weighted by Gasteiger charge is 2.12. The van der Waals surface area contributed by atoms with Gasteiger partial charge in [-0.1, -0.05) is 6.92 Å². The van der Waals surface area contributed by atoms with Crippen LogP contribution in [0.3, 0.4) is 0 Å². The largest absolute Gasteiger partial charge is 0.354 e. The maximum Gasteiger partial charge on any atom is 0.195 e. The molecule has 0 unspecified atom stereocenters. The number of aromatic nitrogens is 2. The van der Waals surface area contributed by atoms with Crippen LogP contribution in [0.15, 0.2) is 21.6 Å². The van der Waals surface area contributed by atoms with Gasteiger partial charge in [0.15, 0.2) is 5.96 Å². The summed E-state index contributed by atoms with van der Waals surface area (Å²) < 4.78 is 0.972. The smallest absolute Gasteiger partial charge is 0.195 e. The molecule has 5 nitrogen and oxygen atoms in total. The van der Waals surface area contributed by atoms with E-state index in [1.165, 1.54) is 0 Å². The summed E-state index contributed by atoms with van der Waals surface area (Å²) in [4.78, 5) is 12.3. The summed E-state index contributed by atoms with van der Waals surface area (Å²) >= 11 is 3.63. The van der Waals surface area contributed by atoms with E-state index in [4.69, 9.17) is 0 Å². The molecule has 0 bridgehead atoms. The number of hydrogen-bond acceptors (Lipinski definition) is 4. The molecule has 0 aliphatic carbocycles. The van der Waals surface area contributed by atoms with Gasteiger partial charge in [0.1, 0.15) is 11.3 Å². The van der Waals surface area contributed by atoms with Crippen LogP contribution in [0.25, 0.3) is 11.0 Å². The molecule has 6 heteroatoms. The van der Waals surface area contributed by atoms with Crippen LogP contribution in [0, 0.1) is 0 Å². The minimum Gasteiger partial charge on any atom is -0.354 e. The predicted molar refractivity (Wildman–Crippen MR) is 81.7 cm³/mol. The van der Waals surface area contributed by atoms with Crippen LogP contribution in [0.5, 0.6) is 0 Å². The second kappa shape index (κ2) is 5.21. The molecule has 0 saturated carbocycles. The first kappa shape index (κ1) is 12.5. The van der Waals surface area contributed by atoms with Gasteiger partial charge in [0.2, 0.25) is 0 Å². The molecule has 0 amide bonds. The summed E-state index contributed by atoms with van der Waals surface area (Å²) in [5.41, 5.74) is 3.00. The van der Waals surface area contributed by atoms with Crippen molar-refractivity contribution in [2.45, 2.75) is 19.8 Å². The van der Waals surface area contributed by atoms with Gasteiger partial charge in [-0.2, -0.15) is 0 Å². The van der Waals surface area contributed by atoms with Gasteiger partial charge >= 0.3 is 0 Å². The standard InChI is InChI=1S/C13H16BrN5/c1-2-3-10-17-9-5-4-8(11(14)12(9)19-10)18-13-15-6-7-16-13/h4-5H,2-3,6-7H2,1H3,(H,17,19)(H2,15,16,18). The third kappa shape index (κ3) is 2.45. The van der Waals surface area contributed by atoms with Crippen LogP contribution in [0.4, 0.5) is 5.69 Å². The monoisotopic (exact) mass is 321 g/mol. The van der Waals surface area contributed by atoms with Gasteiger partial charge in [0, 0.05) is 13.0 Å². The average molecular weight is 322 g/mol. The lowest BCUT2D eigenvalue weighted by Crippen LogP contribution is -2.26. The van der Waals surface area contributed by atoms with E-state index in [1.54, 1.807) is 0 Å². The molecule has 19 heavy (non-hydrogen) atoms. The summed E-state index contributed by atoms with van der Waals surface area (Å²) in [6.07, 6.45) is 2.06. The second-order valence-electron chi connectivity index (χ2n) is 4.54. The summed E-state index contributed by atoms with van der Waals surface area (Å²) in [6, 6.07) is 4.08. The summed E-state index contributed by atoms with van der Waals surface area (Å²) in [6.45, 7) is 3.87. The fourth-order valence-corrected chi connectivity index (χ4v) is 2.69. The number of rotatable bonds is 3. The normalized spacial score (nSPS) is 14.5. The summed E-state index contributed by atoms with van der Waals surface area (Å²) in [5.74, 6) is 1.86. The van der Waals surface area contributed by atoms with Crippen LogP contribution < -0.4 is 10.6 Å².